The van der Waals surface area contributed by atoms with E-state index in [1.807, 2.05) is 0 Å². The summed E-state index contributed by atoms with van der Waals surface area (Å²) in [6.45, 7) is 9.40. The molecule has 4 nitrogen and oxygen atoms in total. The number of carbonyl (C=O) groups is 1. The van der Waals surface area contributed by atoms with E-state index in [4.69, 9.17) is 14.2 Å². The molecule has 2 rings (SSSR count). The highest BCUT2D eigenvalue weighted by Gasteiger charge is 2.30. The zero-order valence-corrected chi connectivity index (χ0v) is 22.9. The molecule has 0 aliphatic carbocycles. The Balaban J connectivity index is 1.69. The lowest BCUT2D eigenvalue weighted by Gasteiger charge is -2.36. The van der Waals surface area contributed by atoms with Crippen molar-refractivity contribution >= 4 is 5.97 Å². The summed E-state index contributed by atoms with van der Waals surface area (Å²) in [5.74, 6) is 1.84. The lowest BCUT2D eigenvalue weighted by atomic mass is 9.79. The second-order valence-electron chi connectivity index (χ2n) is 11.3. The zero-order valence-electron chi connectivity index (χ0n) is 22.9. The van der Waals surface area contributed by atoms with Crippen LogP contribution in [0.2, 0.25) is 0 Å². The number of hydrogen-bond acceptors (Lipinski definition) is 4. The normalized spacial score (nSPS) is 23.1. The van der Waals surface area contributed by atoms with Crippen LogP contribution in [0.3, 0.4) is 0 Å². The highest BCUT2D eigenvalue weighted by molar-refractivity contribution is 5.69. The van der Waals surface area contributed by atoms with E-state index in [0.717, 1.165) is 32.5 Å². The molecule has 34 heavy (non-hydrogen) atoms. The van der Waals surface area contributed by atoms with Crippen LogP contribution in [-0.2, 0) is 19.0 Å². The van der Waals surface area contributed by atoms with Gasteiger partial charge >= 0.3 is 5.97 Å². The van der Waals surface area contributed by atoms with Gasteiger partial charge in [-0.15, -0.1) is 0 Å². The molecule has 4 heteroatoms. The quantitative estimate of drug-likeness (QED) is 0.146. The molecule has 2 aliphatic rings. The molecular weight excluding hydrogens is 424 g/mol. The SMILES string of the molecule is CCCCCCCCCOC(=O)CCCC(CCC(C(C)C)C1CCCCO1)C1CCCCO1. The van der Waals surface area contributed by atoms with Gasteiger partial charge in [-0.3, -0.25) is 4.79 Å². The fourth-order valence-electron chi connectivity index (χ4n) is 5.94. The number of unbranched alkanes of at least 4 members (excludes halogenated alkanes) is 6. The van der Waals surface area contributed by atoms with Crippen molar-refractivity contribution in [2.45, 2.75) is 149 Å². The Morgan fingerprint density at radius 3 is 2.06 bits per heavy atom. The Hall–Kier alpha value is -0.610. The van der Waals surface area contributed by atoms with Gasteiger partial charge in [0.15, 0.2) is 0 Å². The third kappa shape index (κ3) is 12.4. The molecule has 2 fully saturated rings. The van der Waals surface area contributed by atoms with E-state index in [1.165, 1.54) is 89.9 Å². The fourth-order valence-corrected chi connectivity index (χ4v) is 5.94. The van der Waals surface area contributed by atoms with Gasteiger partial charge in [-0.05, 0) is 88.4 Å². The van der Waals surface area contributed by atoms with Gasteiger partial charge < -0.3 is 14.2 Å². The van der Waals surface area contributed by atoms with Crippen LogP contribution in [0.15, 0.2) is 0 Å². The standard InChI is InChI=1S/C30H56O4/c1-4-5-6-7-8-9-12-24-34-30(31)19-15-16-26(28-17-10-13-22-32-28)20-21-27(25(2)3)29-18-11-14-23-33-29/h25-29H,4-24H2,1-3H3. The minimum Gasteiger partial charge on any atom is -0.466 e. The topological polar surface area (TPSA) is 44.8 Å². The van der Waals surface area contributed by atoms with Gasteiger partial charge in [0.2, 0.25) is 0 Å². The molecule has 2 heterocycles. The van der Waals surface area contributed by atoms with Crippen molar-refractivity contribution in [3.05, 3.63) is 0 Å². The van der Waals surface area contributed by atoms with Crippen molar-refractivity contribution in [1.82, 2.24) is 0 Å². The van der Waals surface area contributed by atoms with Crippen LogP contribution in [0.1, 0.15) is 136 Å². The van der Waals surface area contributed by atoms with Crippen molar-refractivity contribution in [3.8, 4) is 0 Å². The number of esters is 1. The number of ether oxygens (including phenoxy) is 3. The van der Waals surface area contributed by atoms with E-state index in [0.29, 0.717) is 43.0 Å². The van der Waals surface area contributed by atoms with Crippen LogP contribution in [-0.4, -0.2) is 38.0 Å². The Labute approximate surface area is 211 Å². The van der Waals surface area contributed by atoms with Crippen LogP contribution in [0.4, 0.5) is 0 Å². The summed E-state index contributed by atoms with van der Waals surface area (Å²) in [6, 6.07) is 0. The minimum absolute atomic E-state index is 0.00930. The number of rotatable bonds is 18. The average Bonchev–Trinajstić information content (AvgIpc) is 2.85. The van der Waals surface area contributed by atoms with Gasteiger partial charge in [-0.2, -0.15) is 0 Å². The lowest BCUT2D eigenvalue weighted by Crippen LogP contribution is -2.33. The van der Waals surface area contributed by atoms with Crippen LogP contribution < -0.4 is 0 Å². The van der Waals surface area contributed by atoms with Gasteiger partial charge in [0.25, 0.3) is 0 Å². The maximum atomic E-state index is 12.3. The highest BCUT2D eigenvalue weighted by atomic mass is 16.5. The first-order chi connectivity index (χ1) is 16.6. The summed E-state index contributed by atoms with van der Waals surface area (Å²) in [5.41, 5.74) is 0. The van der Waals surface area contributed by atoms with Gasteiger partial charge in [0.1, 0.15) is 0 Å². The first-order valence-corrected chi connectivity index (χ1v) is 15.0. The second-order valence-corrected chi connectivity index (χ2v) is 11.3. The Bertz CT molecular complexity index is 494. The summed E-state index contributed by atoms with van der Waals surface area (Å²) in [4.78, 5) is 12.3. The molecule has 0 aromatic rings. The molecule has 2 aliphatic heterocycles. The molecule has 0 aromatic heterocycles. The summed E-state index contributed by atoms with van der Waals surface area (Å²) in [5, 5.41) is 0. The van der Waals surface area contributed by atoms with Crippen LogP contribution in [0, 0.1) is 17.8 Å². The molecule has 0 amide bonds. The van der Waals surface area contributed by atoms with Gasteiger partial charge in [0, 0.05) is 19.6 Å². The van der Waals surface area contributed by atoms with E-state index in [1.54, 1.807) is 0 Å². The minimum atomic E-state index is -0.00930. The predicted molar refractivity (Wildman–Crippen MR) is 141 cm³/mol. The summed E-state index contributed by atoms with van der Waals surface area (Å²) < 4.78 is 17.9. The van der Waals surface area contributed by atoms with Crippen molar-refractivity contribution in [2.24, 2.45) is 17.8 Å². The van der Waals surface area contributed by atoms with Crippen molar-refractivity contribution in [2.75, 3.05) is 19.8 Å². The second kappa shape index (κ2) is 18.6. The maximum absolute atomic E-state index is 12.3. The summed E-state index contributed by atoms with van der Waals surface area (Å²) in [7, 11) is 0. The van der Waals surface area contributed by atoms with Gasteiger partial charge in [-0.1, -0.05) is 59.3 Å². The highest BCUT2D eigenvalue weighted by Crippen LogP contribution is 2.34. The molecule has 4 atom stereocenters. The predicted octanol–water partition coefficient (Wildman–Crippen LogP) is 8.26. The molecule has 0 radical (unpaired) electrons. The maximum Gasteiger partial charge on any atom is 0.305 e. The smallest absolute Gasteiger partial charge is 0.305 e. The Kier molecular flexibility index (Phi) is 16.2. The molecule has 0 spiro atoms. The van der Waals surface area contributed by atoms with E-state index < -0.39 is 0 Å². The Morgan fingerprint density at radius 2 is 1.44 bits per heavy atom. The fraction of sp³-hybridized carbons (Fsp3) is 0.967. The monoisotopic (exact) mass is 480 g/mol. The van der Waals surface area contributed by atoms with E-state index in [2.05, 4.69) is 20.8 Å². The van der Waals surface area contributed by atoms with Crippen LogP contribution >= 0.6 is 0 Å². The largest absolute Gasteiger partial charge is 0.466 e. The molecule has 4 unspecified atom stereocenters. The molecule has 200 valence electrons. The number of carbonyl (C=O) groups excluding carboxylic acids is 1. The summed E-state index contributed by atoms with van der Waals surface area (Å²) in [6.07, 6.45) is 21.9. The van der Waals surface area contributed by atoms with E-state index >= 15 is 0 Å². The van der Waals surface area contributed by atoms with E-state index in [9.17, 15) is 4.79 Å². The summed E-state index contributed by atoms with van der Waals surface area (Å²) >= 11 is 0. The number of hydrogen-bond donors (Lipinski definition) is 0. The first kappa shape index (κ1) is 29.6. The van der Waals surface area contributed by atoms with Crippen molar-refractivity contribution in [3.63, 3.8) is 0 Å². The third-order valence-electron chi connectivity index (χ3n) is 8.13. The van der Waals surface area contributed by atoms with Crippen molar-refractivity contribution in [1.29, 1.82) is 0 Å². The Morgan fingerprint density at radius 1 is 0.794 bits per heavy atom. The van der Waals surface area contributed by atoms with Gasteiger partial charge in [-0.25, -0.2) is 0 Å². The molecule has 0 aromatic carbocycles. The molecule has 0 bridgehead atoms. The lowest BCUT2D eigenvalue weighted by molar-refractivity contribution is -0.144. The molecule has 0 N–H and O–H groups in total. The average molecular weight is 481 g/mol. The first-order valence-electron chi connectivity index (χ1n) is 15.0. The molecular formula is C30H56O4. The van der Waals surface area contributed by atoms with E-state index in [-0.39, 0.29) is 5.97 Å². The molecule has 2 saturated heterocycles. The third-order valence-corrected chi connectivity index (χ3v) is 8.13. The van der Waals surface area contributed by atoms with Crippen LogP contribution in [0.25, 0.3) is 0 Å². The van der Waals surface area contributed by atoms with Crippen molar-refractivity contribution < 1.29 is 19.0 Å². The zero-order chi connectivity index (χ0) is 24.4. The van der Waals surface area contributed by atoms with Crippen LogP contribution in [0.5, 0.6) is 0 Å². The molecule has 0 saturated carbocycles. The van der Waals surface area contributed by atoms with Gasteiger partial charge in [0.05, 0.1) is 18.8 Å².